The van der Waals surface area contributed by atoms with E-state index in [2.05, 4.69) is 14.8 Å². The standard InChI is InChI=1S/C10H10N4O4S/c1-14-6-8(10(15)16)9(12-14)19(17,18)13-7-3-2-4-11-5-7/h2-6,13H,1H3,(H,15,16). The highest BCUT2D eigenvalue weighted by atomic mass is 32.2. The number of hydrogen-bond acceptors (Lipinski definition) is 5. The van der Waals surface area contributed by atoms with Gasteiger partial charge in [-0.15, -0.1) is 0 Å². The maximum Gasteiger partial charge on any atom is 0.340 e. The highest BCUT2D eigenvalue weighted by Gasteiger charge is 2.26. The molecular formula is C10H10N4O4S. The normalized spacial score (nSPS) is 11.2. The summed E-state index contributed by atoms with van der Waals surface area (Å²) in [7, 11) is -2.63. The summed E-state index contributed by atoms with van der Waals surface area (Å²) in [4.78, 5) is 14.7. The van der Waals surface area contributed by atoms with Crippen LogP contribution >= 0.6 is 0 Å². The van der Waals surface area contributed by atoms with Crippen molar-refractivity contribution in [3.63, 3.8) is 0 Å². The van der Waals surface area contributed by atoms with Gasteiger partial charge in [-0.3, -0.25) is 14.4 Å². The summed E-state index contributed by atoms with van der Waals surface area (Å²) < 4.78 is 27.5. The molecule has 0 atom stereocenters. The Hall–Kier alpha value is -2.42. The zero-order valence-electron chi connectivity index (χ0n) is 9.81. The van der Waals surface area contributed by atoms with E-state index >= 15 is 0 Å². The van der Waals surface area contributed by atoms with Crippen LogP contribution in [0.5, 0.6) is 0 Å². The van der Waals surface area contributed by atoms with Gasteiger partial charge in [0.15, 0.2) is 0 Å². The Morgan fingerprint density at radius 1 is 1.47 bits per heavy atom. The minimum absolute atomic E-state index is 0.226. The molecule has 0 spiro atoms. The Labute approximate surface area is 108 Å². The number of carbonyl (C=O) groups is 1. The second kappa shape index (κ2) is 4.69. The van der Waals surface area contributed by atoms with Gasteiger partial charge in [-0.2, -0.15) is 13.5 Å². The summed E-state index contributed by atoms with van der Waals surface area (Å²) in [6.07, 6.45) is 3.92. The summed E-state index contributed by atoms with van der Waals surface area (Å²) in [5, 5.41) is 12.1. The van der Waals surface area contributed by atoms with Crippen molar-refractivity contribution < 1.29 is 18.3 Å². The van der Waals surface area contributed by atoms with Gasteiger partial charge in [-0.1, -0.05) is 0 Å². The molecule has 8 nitrogen and oxygen atoms in total. The number of rotatable bonds is 4. The highest BCUT2D eigenvalue weighted by molar-refractivity contribution is 7.92. The molecule has 2 aromatic rings. The summed E-state index contributed by atoms with van der Waals surface area (Å²) in [5.74, 6) is -1.36. The molecule has 0 aliphatic rings. The van der Waals surface area contributed by atoms with E-state index < -0.39 is 21.0 Å². The Bertz CT molecular complexity index is 708. The molecule has 0 aliphatic heterocycles. The van der Waals surface area contributed by atoms with E-state index in [-0.39, 0.29) is 11.3 Å². The van der Waals surface area contributed by atoms with E-state index in [0.717, 1.165) is 10.9 Å². The number of sulfonamides is 1. The van der Waals surface area contributed by atoms with Gasteiger partial charge in [0, 0.05) is 19.4 Å². The molecule has 0 radical (unpaired) electrons. The second-order valence-corrected chi connectivity index (χ2v) is 5.27. The van der Waals surface area contributed by atoms with Crippen molar-refractivity contribution in [1.82, 2.24) is 14.8 Å². The van der Waals surface area contributed by atoms with Crippen molar-refractivity contribution in [2.75, 3.05) is 4.72 Å². The SMILES string of the molecule is Cn1cc(C(=O)O)c(S(=O)(=O)Nc2cccnc2)n1. The average Bonchev–Trinajstić information content (AvgIpc) is 2.73. The predicted molar refractivity (Wildman–Crippen MR) is 65.2 cm³/mol. The van der Waals surface area contributed by atoms with Gasteiger partial charge in [0.25, 0.3) is 10.0 Å². The number of aromatic carboxylic acids is 1. The molecular weight excluding hydrogens is 272 g/mol. The monoisotopic (exact) mass is 282 g/mol. The molecule has 0 bridgehead atoms. The number of anilines is 1. The largest absolute Gasteiger partial charge is 0.478 e. The van der Waals surface area contributed by atoms with Crippen LogP contribution in [0.15, 0.2) is 35.7 Å². The number of pyridine rings is 1. The molecule has 0 aromatic carbocycles. The number of carboxylic acid groups (broad SMARTS) is 1. The maximum absolute atomic E-state index is 12.1. The summed E-state index contributed by atoms with van der Waals surface area (Å²) in [6, 6.07) is 3.04. The first-order chi connectivity index (χ1) is 8.90. The number of hydrogen-bond donors (Lipinski definition) is 2. The van der Waals surface area contributed by atoms with E-state index in [9.17, 15) is 13.2 Å². The molecule has 2 aromatic heterocycles. The van der Waals surface area contributed by atoms with Gasteiger partial charge in [0.1, 0.15) is 5.56 Å². The lowest BCUT2D eigenvalue weighted by Crippen LogP contribution is -2.17. The number of aryl methyl sites for hydroxylation is 1. The van der Waals surface area contributed by atoms with Crippen molar-refractivity contribution in [3.05, 3.63) is 36.3 Å². The summed E-state index contributed by atoms with van der Waals surface area (Å²) in [6.45, 7) is 0. The predicted octanol–water partition coefficient (Wildman–Crippen LogP) is 0.314. The summed E-state index contributed by atoms with van der Waals surface area (Å²) in [5.41, 5.74) is -0.164. The van der Waals surface area contributed by atoms with Crippen LogP contribution in [0.4, 0.5) is 5.69 Å². The molecule has 2 rings (SSSR count). The first kappa shape index (κ1) is 13.0. The Balaban J connectivity index is 2.43. The lowest BCUT2D eigenvalue weighted by atomic mass is 10.4. The maximum atomic E-state index is 12.1. The molecule has 0 saturated heterocycles. The van der Waals surface area contributed by atoms with E-state index in [1.165, 1.54) is 25.5 Å². The second-order valence-electron chi connectivity index (χ2n) is 3.67. The fourth-order valence-corrected chi connectivity index (χ4v) is 2.63. The Morgan fingerprint density at radius 2 is 2.21 bits per heavy atom. The molecule has 100 valence electrons. The molecule has 2 N–H and O–H groups in total. The van der Waals surface area contributed by atoms with Gasteiger partial charge in [-0.25, -0.2) is 4.79 Å². The van der Waals surface area contributed by atoms with Crippen LogP contribution in [0.3, 0.4) is 0 Å². The number of carboxylic acids is 1. The van der Waals surface area contributed by atoms with Crippen LogP contribution < -0.4 is 4.72 Å². The van der Waals surface area contributed by atoms with Gasteiger partial charge in [-0.05, 0) is 12.1 Å². The third kappa shape index (κ3) is 2.71. The lowest BCUT2D eigenvalue weighted by molar-refractivity contribution is 0.0692. The third-order valence-corrected chi connectivity index (χ3v) is 3.51. The number of nitrogens with zero attached hydrogens (tertiary/aromatic N) is 3. The van der Waals surface area contributed by atoms with Gasteiger partial charge < -0.3 is 5.11 Å². The molecule has 0 unspecified atom stereocenters. The van der Waals surface area contributed by atoms with Crippen molar-refractivity contribution in [3.8, 4) is 0 Å². The molecule has 0 saturated carbocycles. The van der Waals surface area contributed by atoms with Crippen LogP contribution in [0.1, 0.15) is 10.4 Å². The average molecular weight is 282 g/mol. The van der Waals surface area contributed by atoms with Crippen molar-refractivity contribution in [2.24, 2.45) is 7.05 Å². The number of aromatic nitrogens is 3. The minimum Gasteiger partial charge on any atom is -0.478 e. The van der Waals surface area contributed by atoms with Gasteiger partial charge >= 0.3 is 5.97 Å². The highest BCUT2D eigenvalue weighted by Crippen LogP contribution is 2.17. The first-order valence-corrected chi connectivity index (χ1v) is 6.58. The summed E-state index contributed by atoms with van der Waals surface area (Å²) >= 11 is 0. The van der Waals surface area contributed by atoms with Crippen molar-refractivity contribution in [2.45, 2.75) is 5.03 Å². The fourth-order valence-electron chi connectivity index (χ4n) is 1.44. The molecule has 0 fully saturated rings. The zero-order valence-corrected chi connectivity index (χ0v) is 10.6. The zero-order chi connectivity index (χ0) is 14.0. The molecule has 2 heterocycles. The van der Waals surface area contributed by atoms with Crippen molar-refractivity contribution in [1.29, 1.82) is 0 Å². The van der Waals surface area contributed by atoms with Gasteiger partial charge in [0.05, 0.1) is 11.9 Å². The molecule has 9 heteroatoms. The van der Waals surface area contributed by atoms with E-state index in [4.69, 9.17) is 5.11 Å². The number of nitrogens with one attached hydrogen (secondary N) is 1. The lowest BCUT2D eigenvalue weighted by Gasteiger charge is -2.05. The fraction of sp³-hybridized carbons (Fsp3) is 0.100. The molecule has 19 heavy (non-hydrogen) atoms. The Kier molecular flexibility index (Phi) is 3.21. The van der Waals surface area contributed by atoms with Gasteiger partial charge in [0.2, 0.25) is 5.03 Å². The van der Waals surface area contributed by atoms with E-state index in [1.54, 1.807) is 6.07 Å². The molecule has 0 amide bonds. The van der Waals surface area contributed by atoms with E-state index in [1.807, 2.05) is 0 Å². The van der Waals surface area contributed by atoms with Crippen LogP contribution in [0.25, 0.3) is 0 Å². The topological polar surface area (TPSA) is 114 Å². The quantitative estimate of drug-likeness (QED) is 0.834. The first-order valence-electron chi connectivity index (χ1n) is 5.10. The third-order valence-electron chi connectivity index (χ3n) is 2.19. The van der Waals surface area contributed by atoms with E-state index in [0.29, 0.717) is 0 Å². The van der Waals surface area contributed by atoms with Crippen LogP contribution in [0, 0.1) is 0 Å². The van der Waals surface area contributed by atoms with Crippen LogP contribution in [0.2, 0.25) is 0 Å². The smallest absolute Gasteiger partial charge is 0.340 e. The minimum atomic E-state index is -4.07. The van der Waals surface area contributed by atoms with Crippen molar-refractivity contribution >= 4 is 21.7 Å². The Morgan fingerprint density at radius 3 is 2.79 bits per heavy atom. The van der Waals surface area contributed by atoms with Crippen LogP contribution in [-0.4, -0.2) is 34.3 Å². The molecule has 0 aliphatic carbocycles. The van der Waals surface area contributed by atoms with Crippen LogP contribution in [-0.2, 0) is 17.1 Å².